The molecule has 2 amide bonds. The van der Waals surface area contributed by atoms with Gasteiger partial charge in [-0.2, -0.15) is 0 Å². The normalized spacial score (nSPS) is 9.18. The third kappa shape index (κ3) is 2.55. The van der Waals surface area contributed by atoms with Crippen molar-refractivity contribution < 1.29 is 4.79 Å². The lowest BCUT2D eigenvalue weighted by Crippen LogP contribution is -2.31. The maximum absolute atomic E-state index is 10.7. The molecule has 0 unspecified atom stereocenters. The monoisotopic (exact) mass is 171 g/mol. The Morgan fingerprint density at radius 3 is 3.18 bits per heavy atom. The van der Waals surface area contributed by atoms with Crippen LogP contribution in [0, 0.1) is 0 Å². The Kier molecular flexibility index (Phi) is 2.85. The highest BCUT2D eigenvalue weighted by Gasteiger charge is 1.97. The van der Waals surface area contributed by atoms with Gasteiger partial charge < -0.3 is 10.6 Å². The fourth-order valence-corrected chi connectivity index (χ4v) is 1.14. The topological polar surface area (TPSA) is 54.0 Å². The highest BCUT2D eigenvalue weighted by atomic mass is 32.1. The summed E-state index contributed by atoms with van der Waals surface area (Å²) < 4.78 is 0. The SMILES string of the molecule is CNC(=O)NCc1nccs1. The van der Waals surface area contributed by atoms with Crippen molar-refractivity contribution in [2.24, 2.45) is 0 Å². The zero-order valence-corrected chi connectivity index (χ0v) is 6.94. The molecule has 1 heterocycles. The Morgan fingerprint density at radius 1 is 1.82 bits per heavy atom. The van der Waals surface area contributed by atoms with Crippen LogP contribution in [0.4, 0.5) is 4.79 Å². The smallest absolute Gasteiger partial charge is 0.314 e. The summed E-state index contributed by atoms with van der Waals surface area (Å²) >= 11 is 1.52. The number of hydrogen-bond donors (Lipinski definition) is 2. The van der Waals surface area contributed by atoms with E-state index >= 15 is 0 Å². The van der Waals surface area contributed by atoms with Crippen LogP contribution in [0.2, 0.25) is 0 Å². The lowest BCUT2D eigenvalue weighted by molar-refractivity contribution is 0.242. The predicted octanol–water partition coefficient (Wildman–Crippen LogP) is 0.572. The lowest BCUT2D eigenvalue weighted by Gasteiger charge is -1.99. The van der Waals surface area contributed by atoms with Crippen LogP contribution < -0.4 is 10.6 Å². The molecule has 4 nitrogen and oxygen atoms in total. The molecular formula is C6H9N3OS. The molecule has 1 aromatic heterocycles. The summed E-state index contributed by atoms with van der Waals surface area (Å²) in [6.45, 7) is 0.497. The van der Waals surface area contributed by atoms with Gasteiger partial charge >= 0.3 is 6.03 Å². The van der Waals surface area contributed by atoms with Crippen molar-refractivity contribution in [2.45, 2.75) is 6.54 Å². The van der Waals surface area contributed by atoms with Gasteiger partial charge in [0.05, 0.1) is 6.54 Å². The maximum Gasteiger partial charge on any atom is 0.314 e. The molecule has 11 heavy (non-hydrogen) atoms. The van der Waals surface area contributed by atoms with Crippen molar-refractivity contribution in [2.75, 3.05) is 7.05 Å². The number of carbonyl (C=O) groups is 1. The Hall–Kier alpha value is -1.10. The van der Waals surface area contributed by atoms with Gasteiger partial charge in [-0.15, -0.1) is 11.3 Å². The second-order valence-corrected chi connectivity index (χ2v) is 2.84. The van der Waals surface area contributed by atoms with Crippen LogP contribution in [0.5, 0.6) is 0 Å². The van der Waals surface area contributed by atoms with E-state index in [2.05, 4.69) is 15.6 Å². The van der Waals surface area contributed by atoms with Crippen molar-refractivity contribution in [3.05, 3.63) is 16.6 Å². The minimum atomic E-state index is -0.180. The lowest BCUT2D eigenvalue weighted by atomic mass is 10.6. The third-order valence-corrected chi connectivity index (χ3v) is 1.89. The van der Waals surface area contributed by atoms with E-state index in [1.807, 2.05) is 5.38 Å². The summed E-state index contributed by atoms with van der Waals surface area (Å²) in [5.41, 5.74) is 0. The summed E-state index contributed by atoms with van der Waals surface area (Å²) in [5.74, 6) is 0. The molecule has 0 fully saturated rings. The highest BCUT2D eigenvalue weighted by molar-refractivity contribution is 7.09. The van der Waals surface area contributed by atoms with Gasteiger partial charge in [-0.05, 0) is 0 Å². The number of rotatable bonds is 2. The zero-order valence-electron chi connectivity index (χ0n) is 6.13. The summed E-state index contributed by atoms with van der Waals surface area (Å²) in [7, 11) is 1.58. The molecule has 5 heteroatoms. The van der Waals surface area contributed by atoms with Crippen LogP contribution >= 0.6 is 11.3 Å². The van der Waals surface area contributed by atoms with Crippen LogP contribution in [0.25, 0.3) is 0 Å². The minimum absolute atomic E-state index is 0.180. The second-order valence-electron chi connectivity index (χ2n) is 1.86. The van der Waals surface area contributed by atoms with Gasteiger partial charge in [-0.3, -0.25) is 0 Å². The molecule has 0 aliphatic carbocycles. The van der Waals surface area contributed by atoms with E-state index in [0.717, 1.165) is 5.01 Å². The van der Waals surface area contributed by atoms with Crippen LogP contribution in [0.15, 0.2) is 11.6 Å². The van der Waals surface area contributed by atoms with Gasteiger partial charge in [-0.25, -0.2) is 9.78 Å². The van der Waals surface area contributed by atoms with E-state index in [0.29, 0.717) is 6.54 Å². The number of nitrogens with zero attached hydrogens (tertiary/aromatic N) is 1. The molecule has 0 aliphatic rings. The summed E-state index contributed by atoms with van der Waals surface area (Å²) in [4.78, 5) is 14.7. The largest absolute Gasteiger partial charge is 0.341 e. The predicted molar refractivity (Wildman–Crippen MR) is 43.4 cm³/mol. The molecule has 0 spiro atoms. The first kappa shape index (κ1) is 8.00. The number of thiazole rings is 1. The Balaban J connectivity index is 2.29. The van der Waals surface area contributed by atoms with E-state index in [1.54, 1.807) is 13.2 Å². The average Bonchev–Trinajstić information content (AvgIpc) is 2.52. The standard InChI is InChI=1S/C6H9N3OS/c1-7-6(10)9-4-5-8-2-3-11-5/h2-3H,4H2,1H3,(H2,7,9,10). The Bertz CT molecular complexity index is 222. The summed E-state index contributed by atoms with van der Waals surface area (Å²) in [5, 5.41) is 7.87. The third-order valence-electron chi connectivity index (χ3n) is 1.11. The van der Waals surface area contributed by atoms with E-state index in [4.69, 9.17) is 0 Å². The number of nitrogens with one attached hydrogen (secondary N) is 2. The minimum Gasteiger partial charge on any atom is -0.341 e. The van der Waals surface area contributed by atoms with Crippen molar-refractivity contribution in [3.63, 3.8) is 0 Å². The Morgan fingerprint density at radius 2 is 2.64 bits per heavy atom. The van der Waals surface area contributed by atoms with E-state index in [9.17, 15) is 4.79 Å². The molecule has 1 aromatic rings. The number of aromatic nitrogens is 1. The first-order chi connectivity index (χ1) is 5.33. The quantitative estimate of drug-likeness (QED) is 0.683. The average molecular weight is 171 g/mol. The first-order valence-corrected chi connectivity index (χ1v) is 4.05. The molecule has 2 N–H and O–H groups in total. The highest BCUT2D eigenvalue weighted by Crippen LogP contribution is 2.01. The van der Waals surface area contributed by atoms with Crippen molar-refractivity contribution in [1.82, 2.24) is 15.6 Å². The molecular weight excluding hydrogens is 162 g/mol. The van der Waals surface area contributed by atoms with Crippen molar-refractivity contribution >= 4 is 17.4 Å². The fourth-order valence-electron chi connectivity index (χ4n) is 0.585. The van der Waals surface area contributed by atoms with Gasteiger partial charge in [0.15, 0.2) is 0 Å². The number of amides is 2. The van der Waals surface area contributed by atoms with E-state index < -0.39 is 0 Å². The second kappa shape index (κ2) is 3.92. The van der Waals surface area contributed by atoms with Gasteiger partial charge in [0, 0.05) is 18.6 Å². The molecule has 60 valence electrons. The molecule has 0 bridgehead atoms. The van der Waals surface area contributed by atoms with Gasteiger partial charge in [0.2, 0.25) is 0 Å². The summed E-state index contributed by atoms with van der Waals surface area (Å²) in [6.07, 6.45) is 1.71. The molecule has 0 radical (unpaired) electrons. The zero-order chi connectivity index (χ0) is 8.10. The van der Waals surface area contributed by atoms with Crippen molar-refractivity contribution in [1.29, 1.82) is 0 Å². The van der Waals surface area contributed by atoms with Gasteiger partial charge in [0.1, 0.15) is 5.01 Å². The number of carbonyl (C=O) groups excluding carboxylic acids is 1. The van der Waals surface area contributed by atoms with Crippen LogP contribution in [-0.4, -0.2) is 18.1 Å². The number of hydrogen-bond acceptors (Lipinski definition) is 3. The van der Waals surface area contributed by atoms with E-state index in [1.165, 1.54) is 11.3 Å². The first-order valence-electron chi connectivity index (χ1n) is 3.17. The fraction of sp³-hybridized carbons (Fsp3) is 0.333. The molecule has 0 aromatic carbocycles. The Labute approximate surface area is 68.6 Å². The molecule has 0 saturated heterocycles. The van der Waals surface area contributed by atoms with Gasteiger partial charge in [0.25, 0.3) is 0 Å². The van der Waals surface area contributed by atoms with Crippen LogP contribution in [-0.2, 0) is 6.54 Å². The van der Waals surface area contributed by atoms with Crippen LogP contribution in [0.3, 0.4) is 0 Å². The molecule has 1 rings (SSSR count). The molecule has 0 saturated carbocycles. The van der Waals surface area contributed by atoms with Crippen LogP contribution in [0.1, 0.15) is 5.01 Å². The molecule has 0 atom stereocenters. The van der Waals surface area contributed by atoms with E-state index in [-0.39, 0.29) is 6.03 Å². The van der Waals surface area contributed by atoms with Gasteiger partial charge in [-0.1, -0.05) is 0 Å². The maximum atomic E-state index is 10.7. The molecule has 0 aliphatic heterocycles. The summed E-state index contributed by atoms with van der Waals surface area (Å²) in [6, 6.07) is -0.180. The van der Waals surface area contributed by atoms with Crippen molar-refractivity contribution in [3.8, 4) is 0 Å². The number of urea groups is 1.